The lowest BCUT2D eigenvalue weighted by molar-refractivity contribution is 0.0971. The normalized spacial score (nSPS) is 10.2. The molecule has 110 valence electrons. The van der Waals surface area contributed by atoms with Gasteiger partial charge >= 0.3 is 6.03 Å². The highest BCUT2D eigenvalue weighted by Gasteiger charge is 2.14. The van der Waals surface area contributed by atoms with Crippen LogP contribution in [0.1, 0.15) is 9.67 Å². The highest BCUT2D eigenvalue weighted by atomic mass is 32.1. The molecule has 3 rings (SSSR count). The predicted octanol–water partition coefficient (Wildman–Crippen LogP) is 3.83. The zero-order valence-corrected chi connectivity index (χ0v) is 12.9. The fourth-order valence-electron chi connectivity index (χ4n) is 1.76. The molecule has 0 unspecified atom stereocenters. The van der Waals surface area contributed by atoms with Gasteiger partial charge in [0.2, 0.25) is 0 Å². The average Bonchev–Trinajstić information content (AvgIpc) is 3.19. The van der Waals surface area contributed by atoms with Gasteiger partial charge < -0.3 is 0 Å². The van der Waals surface area contributed by atoms with Crippen molar-refractivity contribution in [3.05, 3.63) is 58.9 Å². The van der Waals surface area contributed by atoms with Gasteiger partial charge in [-0.15, -0.1) is 22.7 Å². The molecule has 0 aromatic carbocycles. The zero-order chi connectivity index (χ0) is 15.4. The Morgan fingerprint density at radius 1 is 1.00 bits per heavy atom. The van der Waals surface area contributed by atoms with Gasteiger partial charge in [-0.2, -0.15) is 0 Å². The molecular weight excluding hydrogens is 318 g/mol. The summed E-state index contributed by atoms with van der Waals surface area (Å²) in [4.78, 5) is 30.4. The van der Waals surface area contributed by atoms with E-state index in [0.29, 0.717) is 10.7 Å². The van der Waals surface area contributed by atoms with Crippen LogP contribution < -0.4 is 10.6 Å². The second-order valence-electron chi connectivity index (χ2n) is 4.26. The lowest BCUT2D eigenvalue weighted by Crippen LogP contribution is -2.34. The van der Waals surface area contributed by atoms with Crippen LogP contribution in [-0.2, 0) is 0 Å². The van der Waals surface area contributed by atoms with Crippen LogP contribution >= 0.6 is 22.7 Å². The minimum Gasteiger partial charge on any atom is -0.292 e. The van der Waals surface area contributed by atoms with Crippen molar-refractivity contribution in [3.63, 3.8) is 0 Å². The zero-order valence-electron chi connectivity index (χ0n) is 11.3. The molecule has 2 N–H and O–H groups in total. The van der Waals surface area contributed by atoms with E-state index in [1.165, 1.54) is 11.3 Å². The molecule has 3 aromatic rings. The number of imide groups is 1. The summed E-state index contributed by atoms with van der Waals surface area (Å²) in [6, 6.07) is 12.1. The Hall–Kier alpha value is -2.51. The first-order valence-electron chi connectivity index (χ1n) is 6.39. The van der Waals surface area contributed by atoms with Crippen molar-refractivity contribution in [2.75, 3.05) is 5.32 Å². The summed E-state index contributed by atoms with van der Waals surface area (Å²) < 4.78 is 0. The molecule has 0 saturated heterocycles. The number of nitrogens with zero attached hydrogens (tertiary/aromatic N) is 1. The molecular formula is C15H11N3O2S2. The molecule has 7 heteroatoms. The van der Waals surface area contributed by atoms with Gasteiger partial charge in [0, 0.05) is 16.0 Å². The number of amides is 3. The predicted molar refractivity (Wildman–Crippen MR) is 88.4 cm³/mol. The van der Waals surface area contributed by atoms with Gasteiger partial charge in [-0.05, 0) is 35.7 Å². The van der Waals surface area contributed by atoms with Crippen molar-refractivity contribution in [3.8, 4) is 9.75 Å². The Labute approximate surface area is 134 Å². The summed E-state index contributed by atoms with van der Waals surface area (Å²) in [7, 11) is 0. The molecule has 5 nitrogen and oxygen atoms in total. The minimum atomic E-state index is -0.602. The van der Waals surface area contributed by atoms with Gasteiger partial charge in [0.05, 0.1) is 4.88 Å². The van der Waals surface area contributed by atoms with Crippen molar-refractivity contribution in [2.24, 2.45) is 0 Å². The fourth-order valence-corrected chi connectivity index (χ4v) is 3.50. The number of urea groups is 1. The van der Waals surface area contributed by atoms with Crippen LogP contribution in [0, 0.1) is 0 Å². The van der Waals surface area contributed by atoms with Crippen LogP contribution in [0.4, 0.5) is 10.6 Å². The summed E-state index contributed by atoms with van der Waals surface area (Å²) in [5.74, 6) is -0.0421. The number of rotatable bonds is 3. The molecule has 22 heavy (non-hydrogen) atoms. The Kier molecular flexibility index (Phi) is 4.27. The first-order chi connectivity index (χ1) is 10.7. The van der Waals surface area contributed by atoms with Crippen molar-refractivity contribution in [1.29, 1.82) is 0 Å². The summed E-state index contributed by atoms with van der Waals surface area (Å²) in [5, 5.41) is 6.77. The van der Waals surface area contributed by atoms with E-state index in [1.807, 2.05) is 23.6 Å². The van der Waals surface area contributed by atoms with Crippen molar-refractivity contribution < 1.29 is 9.59 Å². The number of anilines is 1. The summed E-state index contributed by atoms with van der Waals surface area (Å²) in [5.41, 5.74) is 0. The fraction of sp³-hybridized carbons (Fsp3) is 0. The average molecular weight is 329 g/mol. The number of nitrogens with one attached hydrogen (secondary N) is 2. The second kappa shape index (κ2) is 6.50. The molecule has 3 amide bonds. The smallest absolute Gasteiger partial charge is 0.292 e. The number of carbonyl (C=O) groups is 2. The van der Waals surface area contributed by atoms with E-state index >= 15 is 0 Å². The van der Waals surface area contributed by atoms with Gasteiger partial charge in [-0.3, -0.25) is 15.4 Å². The Balaban J connectivity index is 1.63. The molecule has 0 aliphatic rings. The van der Waals surface area contributed by atoms with Crippen molar-refractivity contribution in [2.45, 2.75) is 0 Å². The van der Waals surface area contributed by atoms with E-state index in [1.54, 1.807) is 41.8 Å². The van der Waals surface area contributed by atoms with E-state index in [0.717, 1.165) is 9.75 Å². The van der Waals surface area contributed by atoms with Crippen LogP contribution in [0.2, 0.25) is 0 Å². The van der Waals surface area contributed by atoms with Gasteiger partial charge in [-0.1, -0.05) is 12.1 Å². The third-order valence-electron chi connectivity index (χ3n) is 2.73. The molecule has 0 aliphatic carbocycles. The summed E-state index contributed by atoms with van der Waals surface area (Å²) in [6.07, 6.45) is 1.56. The van der Waals surface area contributed by atoms with Gasteiger partial charge in [0.1, 0.15) is 5.82 Å². The number of hydrogen-bond donors (Lipinski definition) is 2. The highest BCUT2D eigenvalue weighted by Crippen LogP contribution is 2.31. The molecule has 3 heterocycles. The number of pyridine rings is 1. The quantitative estimate of drug-likeness (QED) is 0.767. The minimum absolute atomic E-state index is 0.387. The van der Waals surface area contributed by atoms with Crippen LogP contribution in [-0.4, -0.2) is 16.9 Å². The molecule has 0 radical (unpaired) electrons. The molecule has 0 spiro atoms. The monoisotopic (exact) mass is 329 g/mol. The maximum atomic E-state index is 12.0. The van der Waals surface area contributed by atoms with Crippen LogP contribution in [0.15, 0.2) is 54.0 Å². The molecule has 0 saturated carbocycles. The van der Waals surface area contributed by atoms with Crippen LogP contribution in [0.25, 0.3) is 9.75 Å². The van der Waals surface area contributed by atoms with E-state index in [9.17, 15) is 9.59 Å². The number of hydrogen-bond acceptors (Lipinski definition) is 5. The second-order valence-corrected chi connectivity index (χ2v) is 6.30. The Morgan fingerprint density at radius 3 is 2.64 bits per heavy atom. The van der Waals surface area contributed by atoms with E-state index in [4.69, 9.17) is 0 Å². The molecule has 0 bridgehead atoms. The van der Waals surface area contributed by atoms with Crippen LogP contribution in [0.3, 0.4) is 0 Å². The SMILES string of the molecule is O=C(NC(=O)c1ccc(-c2cccs2)s1)Nc1ccccn1. The third kappa shape index (κ3) is 3.38. The standard InChI is InChI=1S/C15H11N3O2S2/c19-14(18-15(20)17-13-5-1-2-8-16-13)12-7-6-11(22-12)10-4-3-9-21-10/h1-9H,(H2,16,17,18,19,20). The van der Waals surface area contributed by atoms with Gasteiger partial charge in [-0.25, -0.2) is 9.78 Å². The van der Waals surface area contributed by atoms with E-state index in [2.05, 4.69) is 15.6 Å². The van der Waals surface area contributed by atoms with E-state index in [-0.39, 0.29) is 0 Å². The maximum absolute atomic E-state index is 12.0. The van der Waals surface area contributed by atoms with Crippen molar-refractivity contribution in [1.82, 2.24) is 10.3 Å². The van der Waals surface area contributed by atoms with E-state index < -0.39 is 11.9 Å². The molecule has 0 atom stereocenters. The highest BCUT2D eigenvalue weighted by molar-refractivity contribution is 7.22. The van der Waals surface area contributed by atoms with Crippen molar-refractivity contribution >= 4 is 40.4 Å². The third-order valence-corrected chi connectivity index (χ3v) is 4.88. The summed E-state index contributed by atoms with van der Waals surface area (Å²) >= 11 is 2.96. The topological polar surface area (TPSA) is 71.1 Å². The molecule has 3 aromatic heterocycles. The lowest BCUT2D eigenvalue weighted by atomic mass is 10.3. The summed E-state index contributed by atoms with van der Waals surface area (Å²) in [6.45, 7) is 0. The molecule has 0 fully saturated rings. The largest absolute Gasteiger partial charge is 0.327 e. The Morgan fingerprint density at radius 2 is 1.91 bits per heavy atom. The van der Waals surface area contributed by atoms with Gasteiger partial charge in [0.25, 0.3) is 5.91 Å². The number of carbonyl (C=O) groups excluding carboxylic acids is 2. The maximum Gasteiger partial charge on any atom is 0.327 e. The first kappa shape index (κ1) is 14.4. The first-order valence-corrected chi connectivity index (χ1v) is 8.09. The molecule has 0 aliphatic heterocycles. The Bertz CT molecular complexity index is 782. The lowest BCUT2D eigenvalue weighted by Gasteiger charge is -2.04. The van der Waals surface area contributed by atoms with Crippen LogP contribution in [0.5, 0.6) is 0 Å². The number of aromatic nitrogens is 1. The number of thiophene rings is 2. The van der Waals surface area contributed by atoms with Gasteiger partial charge in [0.15, 0.2) is 0 Å².